The zero-order valence-corrected chi connectivity index (χ0v) is 14.0. The average Bonchev–Trinajstić information content (AvgIpc) is 2.65. The number of anilines is 1. The Kier molecular flexibility index (Phi) is 4.76. The molecule has 104 valence electrons. The second kappa shape index (κ2) is 6.15. The molecule has 0 amide bonds. The third kappa shape index (κ3) is 3.07. The standard InChI is InChI=1S/C13H18BrN3OS/c1-8-9(2)19-13-11(8)12(15-7-16-13)17(3)5-10(14)6-18-4/h7,10H,5-6H2,1-4H3. The highest BCUT2D eigenvalue weighted by Crippen LogP contribution is 2.33. The highest BCUT2D eigenvalue weighted by molar-refractivity contribution is 9.09. The maximum Gasteiger partial charge on any atom is 0.140 e. The first-order valence-corrected chi connectivity index (χ1v) is 7.82. The molecule has 2 aromatic heterocycles. The van der Waals surface area contributed by atoms with Crippen LogP contribution in [0.3, 0.4) is 0 Å². The predicted octanol–water partition coefficient (Wildman–Crippen LogP) is 3.15. The minimum Gasteiger partial charge on any atom is -0.383 e. The van der Waals surface area contributed by atoms with Gasteiger partial charge in [-0.3, -0.25) is 0 Å². The SMILES string of the molecule is COCC(Br)CN(C)c1ncnc2sc(C)c(C)c12. The Hall–Kier alpha value is -0.720. The molecule has 4 nitrogen and oxygen atoms in total. The van der Waals surface area contributed by atoms with Gasteiger partial charge in [-0.25, -0.2) is 9.97 Å². The lowest BCUT2D eigenvalue weighted by Crippen LogP contribution is -2.29. The smallest absolute Gasteiger partial charge is 0.140 e. The van der Waals surface area contributed by atoms with Crippen LogP contribution in [-0.2, 0) is 4.74 Å². The van der Waals surface area contributed by atoms with Crippen molar-refractivity contribution in [3.63, 3.8) is 0 Å². The molecule has 0 aromatic carbocycles. The largest absolute Gasteiger partial charge is 0.383 e. The first kappa shape index (κ1) is 14.7. The van der Waals surface area contributed by atoms with Gasteiger partial charge in [-0.15, -0.1) is 11.3 Å². The van der Waals surface area contributed by atoms with Gasteiger partial charge in [-0.1, -0.05) is 15.9 Å². The van der Waals surface area contributed by atoms with Crippen LogP contribution >= 0.6 is 27.3 Å². The summed E-state index contributed by atoms with van der Waals surface area (Å²) in [5.74, 6) is 0.993. The summed E-state index contributed by atoms with van der Waals surface area (Å²) in [6.07, 6.45) is 1.64. The fraction of sp³-hybridized carbons (Fsp3) is 0.538. The monoisotopic (exact) mass is 343 g/mol. The summed E-state index contributed by atoms with van der Waals surface area (Å²) < 4.78 is 5.15. The summed E-state index contributed by atoms with van der Waals surface area (Å²) in [4.78, 5) is 13.6. The minimum absolute atomic E-state index is 0.285. The van der Waals surface area contributed by atoms with Gasteiger partial charge >= 0.3 is 0 Å². The Bertz CT molecular complexity index is 572. The van der Waals surface area contributed by atoms with Gasteiger partial charge in [-0.2, -0.15) is 0 Å². The molecular formula is C13H18BrN3OS. The Morgan fingerprint density at radius 1 is 1.42 bits per heavy atom. The highest BCUT2D eigenvalue weighted by Gasteiger charge is 2.16. The van der Waals surface area contributed by atoms with Crippen LogP contribution in [0.25, 0.3) is 10.2 Å². The van der Waals surface area contributed by atoms with Gasteiger partial charge < -0.3 is 9.64 Å². The molecule has 2 heterocycles. The van der Waals surface area contributed by atoms with E-state index in [1.54, 1.807) is 24.8 Å². The number of halogens is 1. The number of aromatic nitrogens is 2. The minimum atomic E-state index is 0.285. The van der Waals surface area contributed by atoms with Crippen molar-refractivity contribution in [2.45, 2.75) is 18.7 Å². The summed E-state index contributed by atoms with van der Waals surface area (Å²) in [5, 5.41) is 1.17. The number of hydrogen-bond donors (Lipinski definition) is 0. The van der Waals surface area contributed by atoms with Gasteiger partial charge in [0, 0.05) is 25.6 Å². The van der Waals surface area contributed by atoms with E-state index in [1.807, 2.05) is 0 Å². The molecule has 6 heteroatoms. The van der Waals surface area contributed by atoms with Crippen molar-refractivity contribution in [1.29, 1.82) is 0 Å². The van der Waals surface area contributed by atoms with Crippen LogP contribution in [0.15, 0.2) is 6.33 Å². The fourth-order valence-electron chi connectivity index (χ4n) is 2.07. The van der Waals surface area contributed by atoms with Crippen LogP contribution in [0.2, 0.25) is 0 Å². The van der Waals surface area contributed by atoms with Gasteiger partial charge in [0.1, 0.15) is 17.0 Å². The normalized spacial score (nSPS) is 12.9. The summed E-state index contributed by atoms with van der Waals surface area (Å²) in [7, 11) is 3.77. The van der Waals surface area contributed by atoms with E-state index in [1.165, 1.54) is 15.8 Å². The Labute approximate surface area is 125 Å². The molecule has 0 radical (unpaired) electrons. The number of alkyl halides is 1. The molecule has 0 saturated heterocycles. The molecule has 0 aliphatic rings. The second-order valence-corrected chi connectivity index (χ2v) is 7.09. The Morgan fingerprint density at radius 2 is 2.16 bits per heavy atom. The van der Waals surface area contributed by atoms with Gasteiger partial charge in [0.15, 0.2) is 0 Å². The van der Waals surface area contributed by atoms with Gasteiger partial charge in [-0.05, 0) is 19.4 Å². The van der Waals surface area contributed by atoms with Crippen molar-refractivity contribution < 1.29 is 4.74 Å². The number of rotatable bonds is 5. The fourth-order valence-corrected chi connectivity index (χ4v) is 3.76. The topological polar surface area (TPSA) is 38.2 Å². The van der Waals surface area contributed by atoms with E-state index in [0.717, 1.165) is 17.2 Å². The summed E-state index contributed by atoms with van der Waals surface area (Å²) >= 11 is 5.34. The molecule has 0 aliphatic heterocycles. The van der Waals surface area contributed by atoms with Crippen LogP contribution in [0.1, 0.15) is 10.4 Å². The number of hydrogen-bond acceptors (Lipinski definition) is 5. The average molecular weight is 344 g/mol. The number of nitrogens with zero attached hydrogens (tertiary/aromatic N) is 3. The first-order valence-electron chi connectivity index (χ1n) is 6.09. The van der Waals surface area contributed by atoms with Crippen LogP contribution in [-0.4, -0.2) is 42.1 Å². The molecule has 2 aromatic rings. The van der Waals surface area contributed by atoms with Crippen molar-refractivity contribution in [1.82, 2.24) is 9.97 Å². The molecular weight excluding hydrogens is 326 g/mol. The van der Waals surface area contributed by atoms with Crippen LogP contribution < -0.4 is 4.90 Å². The summed E-state index contributed by atoms with van der Waals surface area (Å²) in [5.41, 5.74) is 1.28. The number of thiophene rings is 1. The van der Waals surface area contributed by atoms with Crippen molar-refractivity contribution in [2.24, 2.45) is 0 Å². The van der Waals surface area contributed by atoms with E-state index in [-0.39, 0.29) is 4.83 Å². The van der Waals surface area contributed by atoms with Gasteiger partial charge in [0.2, 0.25) is 0 Å². The molecule has 0 saturated carbocycles. The Morgan fingerprint density at radius 3 is 2.84 bits per heavy atom. The van der Waals surface area contributed by atoms with E-state index in [2.05, 4.69) is 51.7 Å². The van der Waals surface area contributed by atoms with E-state index in [0.29, 0.717) is 6.61 Å². The second-order valence-electron chi connectivity index (χ2n) is 4.59. The van der Waals surface area contributed by atoms with Gasteiger partial charge in [0.25, 0.3) is 0 Å². The number of aryl methyl sites for hydroxylation is 2. The predicted molar refractivity (Wildman–Crippen MR) is 84.8 cm³/mol. The molecule has 1 unspecified atom stereocenters. The van der Waals surface area contributed by atoms with Gasteiger partial charge in [0.05, 0.1) is 16.8 Å². The quantitative estimate of drug-likeness (QED) is 0.781. The molecule has 19 heavy (non-hydrogen) atoms. The van der Waals surface area contributed by atoms with Crippen molar-refractivity contribution in [3.8, 4) is 0 Å². The number of ether oxygens (including phenoxy) is 1. The lowest BCUT2D eigenvalue weighted by molar-refractivity contribution is 0.201. The van der Waals surface area contributed by atoms with Crippen molar-refractivity contribution in [2.75, 3.05) is 32.2 Å². The molecule has 0 bridgehead atoms. The highest BCUT2D eigenvalue weighted by atomic mass is 79.9. The lowest BCUT2D eigenvalue weighted by atomic mass is 10.2. The number of methoxy groups -OCH3 is 1. The molecule has 0 fully saturated rings. The first-order chi connectivity index (χ1) is 9.04. The summed E-state index contributed by atoms with van der Waals surface area (Å²) in [6.45, 7) is 5.79. The van der Waals surface area contributed by atoms with Crippen LogP contribution in [0.5, 0.6) is 0 Å². The molecule has 0 spiro atoms. The lowest BCUT2D eigenvalue weighted by Gasteiger charge is -2.22. The zero-order valence-electron chi connectivity index (χ0n) is 11.6. The van der Waals surface area contributed by atoms with E-state index >= 15 is 0 Å². The maximum atomic E-state index is 5.15. The van der Waals surface area contributed by atoms with Crippen molar-refractivity contribution >= 4 is 43.3 Å². The van der Waals surface area contributed by atoms with Crippen molar-refractivity contribution in [3.05, 3.63) is 16.8 Å². The van der Waals surface area contributed by atoms with E-state index < -0.39 is 0 Å². The molecule has 0 aliphatic carbocycles. The molecule has 0 N–H and O–H groups in total. The summed E-state index contributed by atoms with van der Waals surface area (Å²) in [6, 6.07) is 0. The maximum absolute atomic E-state index is 5.15. The zero-order chi connectivity index (χ0) is 14.0. The third-order valence-corrected chi connectivity index (χ3v) is 4.80. The third-order valence-electron chi connectivity index (χ3n) is 3.13. The molecule has 2 rings (SSSR count). The Balaban J connectivity index is 2.34. The van der Waals surface area contributed by atoms with Crippen LogP contribution in [0, 0.1) is 13.8 Å². The van der Waals surface area contributed by atoms with E-state index in [9.17, 15) is 0 Å². The molecule has 1 atom stereocenters. The number of fused-ring (bicyclic) bond motifs is 1. The van der Waals surface area contributed by atoms with Crippen LogP contribution in [0.4, 0.5) is 5.82 Å². The van der Waals surface area contributed by atoms with E-state index in [4.69, 9.17) is 4.74 Å².